The highest BCUT2D eigenvalue weighted by molar-refractivity contribution is 5.95. The Bertz CT molecular complexity index is 433. The van der Waals surface area contributed by atoms with Crippen LogP contribution in [0.1, 0.15) is 41.6 Å². The molecule has 106 valence electrons. The maximum atomic E-state index is 12.5. The van der Waals surface area contributed by atoms with E-state index in [-0.39, 0.29) is 5.91 Å². The number of amides is 1. The zero-order chi connectivity index (χ0) is 13.8. The normalized spacial score (nSPS) is 19.4. The number of piperidine rings is 1. The van der Waals surface area contributed by atoms with Crippen LogP contribution in [0.25, 0.3) is 0 Å². The van der Waals surface area contributed by atoms with Crippen molar-refractivity contribution in [1.29, 1.82) is 0 Å². The summed E-state index contributed by atoms with van der Waals surface area (Å²) in [5.74, 6) is 2.20. The standard InChI is InChI=1S/C15H24N2O2/c1-4-17(10-13-6-5-7-16-9-13)15(18)14-8-11(2)19-12(14)3/h8,13,16H,4-7,9-10H2,1-3H3. The van der Waals surface area contributed by atoms with E-state index in [4.69, 9.17) is 4.42 Å². The number of rotatable bonds is 4. The quantitative estimate of drug-likeness (QED) is 0.908. The van der Waals surface area contributed by atoms with Crippen LogP contribution in [0.15, 0.2) is 10.5 Å². The van der Waals surface area contributed by atoms with E-state index < -0.39 is 0 Å². The Morgan fingerprint density at radius 1 is 1.53 bits per heavy atom. The maximum absolute atomic E-state index is 12.5. The molecule has 4 heteroatoms. The topological polar surface area (TPSA) is 45.5 Å². The van der Waals surface area contributed by atoms with E-state index in [1.807, 2.05) is 31.7 Å². The number of aryl methyl sites for hydroxylation is 2. The van der Waals surface area contributed by atoms with Gasteiger partial charge in [0.15, 0.2) is 0 Å². The lowest BCUT2D eigenvalue weighted by Gasteiger charge is -2.29. The fourth-order valence-corrected chi connectivity index (χ4v) is 2.76. The average Bonchev–Trinajstić information content (AvgIpc) is 2.75. The van der Waals surface area contributed by atoms with Crippen LogP contribution < -0.4 is 5.32 Å². The molecule has 1 atom stereocenters. The number of hydrogen-bond donors (Lipinski definition) is 1. The molecule has 1 aliphatic rings. The SMILES string of the molecule is CCN(CC1CCCNC1)C(=O)c1cc(C)oc1C. The van der Waals surface area contributed by atoms with Crippen LogP contribution in [0.3, 0.4) is 0 Å². The van der Waals surface area contributed by atoms with Crippen molar-refractivity contribution in [3.63, 3.8) is 0 Å². The van der Waals surface area contributed by atoms with Gasteiger partial charge in [-0.3, -0.25) is 4.79 Å². The van der Waals surface area contributed by atoms with Gasteiger partial charge >= 0.3 is 0 Å². The Labute approximate surface area is 115 Å². The number of carbonyl (C=O) groups excluding carboxylic acids is 1. The summed E-state index contributed by atoms with van der Waals surface area (Å²) in [5.41, 5.74) is 0.711. The summed E-state index contributed by atoms with van der Waals surface area (Å²) in [6.07, 6.45) is 2.42. The number of hydrogen-bond acceptors (Lipinski definition) is 3. The molecule has 0 saturated carbocycles. The highest BCUT2D eigenvalue weighted by atomic mass is 16.3. The predicted octanol–water partition coefficient (Wildman–Crippen LogP) is 2.36. The molecule has 19 heavy (non-hydrogen) atoms. The molecule has 1 amide bonds. The van der Waals surface area contributed by atoms with Crippen LogP contribution in [0.5, 0.6) is 0 Å². The second-order valence-corrected chi connectivity index (χ2v) is 5.38. The number of carbonyl (C=O) groups is 1. The van der Waals surface area contributed by atoms with Gasteiger partial charge in [0.25, 0.3) is 5.91 Å². The van der Waals surface area contributed by atoms with Crippen LogP contribution in [0, 0.1) is 19.8 Å². The third-order valence-electron chi connectivity index (χ3n) is 3.82. The smallest absolute Gasteiger partial charge is 0.257 e. The van der Waals surface area contributed by atoms with Gasteiger partial charge in [0.05, 0.1) is 5.56 Å². The molecule has 1 saturated heterocycles. The van der Waals surface area contributed by atoms with Gasteiger partial charge in [0.2, 0.25) is 0 Å². The van der Waals surface area contributed by atoms with Crippen molar-refractivity contribution >= 4 is 5.91 Å². The van der Waals surface area contributed by atoms with Crippen molar-refractivity contribution in [3.8, 4) is 0 Å². The predicted molar refractivity (Wildman–Crippen MR) is 75.4 cm³/mol. The van der Waals surface area contributed by atoms with E-state index in [1.165, 1.54) is 12.8 Å². The Morgan fingerprint density at radius 3 is 2.84 bits per heavy atom. The van der Waals surface area contributed by atoms with Gasteiger partial charge in [0, 0.05) is 13.1 Å². The van der Waals surface area contributed by atoms with Gasteiger partial charge < -0.3 is 14.6 Å². The van der Waals surface area contributed by atoms with E-state index in [9.17, 15) is 4.79 Å². The summed E-state index contributed by atoms with van der Waals surface area (Å²) in [7, 11) is 0. The molecule has 2 heterocycles. The van der Waals surface area contributed by atoms with E-state index in [0.29, 0.717) is 11.5 Å². The van der Waals surface area contributed by atoms with Crippen molar-refractivity contribution < 1.29 is 9.21 Å². The number of nitrogens with one attached hydrogen (secondary N) is 1. The molecule has 1 unspecified atom stereocenters. The zero-order valence-corrected chi connectivity index (χ0v) is 12.2. The molecular weight excluding hydrogens is 240 g/mol. The maximum Gasteiger partial charge on any atom is 0.257 e. The summed E-state index contributed by atoms with van der Waals surface area (Å²) in [5, 5.41) is 3.40. The molecule has 1 aromatic rings. The summed E-state index contributed by atoms with van der Waals surface area (Å²) < 4.78 is 5.46. The lowest BCUT2D eigenvalue weighted by atomic mass is 9.99. The number of nitrogens with zero attached hydrogens (tertiary/aromatic N) is 1. The van der Waals surface area contributed by atoms with Crippen LogP contribution in [0.4, 0.5) is 0 Å². The first-order chi connectivity index (χ1) is 9.11. The molecule has 0 bridgehead atoms. The lowest BCUT2D eigenvalue weighted by Crippen LogP contribution is -2.41. The van der Waals surface area contributed by atoms with Gasteiger partial charge in [-0.1, -0.05) is 0 Å². The Hall–Kier alpha value is -1.29. The van der Waals surface area contributed by atoms with E-state index in [1.54, 1.807) is 0 Å². The van der Waals surface area contributed by atoms with Crippen molar-refractivity contribution in [2.75, 3.05) is 26.2 Å². The van der Waals surface area contributed by atoms with Crippen LogP contribution in [-0.2, 0) is 0 Å². The molecule has 1 aromatic heterocycles. The first-order valence-corrected chi connectivity index (χ1v) is 7.18. The monoisotopic (exact) mass is 264 g/mol. The minimum absolute atomic E-state index is 0.0995. The lowest BCUT2D eigenvalue weighted by molar-refractivity contribution is 0.0727. The van der Waals surface area contributed by atoms with Crippen LogP contribution in [0.2, 0.25) is 0 Å². The molecular formula is C15H24N2O2. The Balaban J connectivity index is 2.04. The van der Waals surface area contributed by atoms with Crippen LogP contribution in [-0.4, -0.2) is 37.0 Å². The van der Waals surface area contributed by atoms with Gasteiger partial charge in [-0.2, -0.15) is 0 Å². The van der Waals surface area contributed by atoms with Crippen molar-refractivity contribution in [2.45, 2.75) is 33.6 Å². The van der Waals surface area contributed by atoms with E-state index in [0.717, 1.165) is 37.7 Å². The average molecular weight is 264 g/mol. The summed E-state index contributed by atoms with van der Waals surface area (Å²) >= 11 is 0. The molecule has 0 radical (unpaired) electrons. The molecule has 1 N–H and O–H groups in total. The molecule has 1 aliphatic heterocycles. The summed E-state index contributed by atoms with van der Waals surface area (Å²) in [4.78, 5) is 14.5. The summed E-state index contributed by atoms with van der Waals surface area (Å²) in [6, 6.07) is 1.85. The first-order valence-electron chi connectivity index (χ1n) is 7.18. The highest BCUT2D eigenvalue weighted by Crippen LogP contribution is 2.18. The van der Waals surface area contributed by atoms with Gasteiger partial charge in [-0.05, 0) is 58.7 Å². The third kappa shape index (κ3) is 3.38. The zero-order valence-electron chi connectivity index (χ0n) is 12.2. The third-order valence-corrected chi connectivity index (χ3v) is 3.82. The van der Waals surface area contributed by atoms with E-state index >= 15 is 0 Å². The van der Waals surface area contributed by atoms with Gasteiger partial charge in [0.1, 0.15) is 11.5 Å². The molecule has 0 aliphatic carbocycles. The molecule has 4 nitrogen and oxygen atoms in total. The van der Waals surface area contributed by atoms with Crippen molar-refractivity contribution in [2.24, 2.45) is 5.92 Å². The van der Waals surface area contributed by atoms with E-state index in [2.05, 4.69) is 5.32 Å². The van der Waals surface area contributed by atoms with Crippen LogP contribution >= 0.6 is 0 Å². The minimum atomic E-state index is 0.0995. The largest absolute Gasteiger partial charge is 0.466 e. The molecule has 0 aromatic carbocycles. The summed E-state index contributed by atoms with van der Waals surface area (Å²) in [6.45, 7) is 9.49. The van der Waals surface area contributed by atoms with Gasteiger partial charge in [-0.25, -0.2) is 0 Å². The van der Waals surface area contributed by atoms with Gasteiger partial charge in [-0.15, -0.1) is 0 Å². The highest BCUT2D eigenvalue weighted by Gasteiger charge is 2.23. The molecule has 0 spiro atoms. The minimum Gasteiger partial charge on any atom is -0.466 e. The second kappa shape index (κ2) is 6.24. The van der Waals surface area contributed by atoms with Crippen molar-refractivity contribution in [3.05, 3.63) is 23.2 Å². The van der Waals surface area contributed by atoms with Crippen molar-refractivity contribution in [1.82, 2.24) is 10.2 Å². The first kappa shape index (κ1) is 14.1. The number of furan rings is 1. The molecule has 2 rings (SSSR count). The fraction of sp³-hybridized carbons (Fsp3) is 0.667. The Morgan fingerprint density at radius 2 is 2.32 bits per heavy atom. The Kier molecular flexibility index (Phi) is 4.64. The second-order valence-electron chi connectivity index (χ2n) is 5.38. The molecule has 1 fully saturated rings. The fourth-order valence-electron chi connectivity index (χ4n) is 2.76.